The molecule has 96 valence electrons. The highest BCUT2D eigenvalue weighted by Gasteiger charge is 2.20. The molecule has 1 amide bonds. The van der Waals surface area contributed by atoms with Crippen molar-refractivity contribution in [1.29, 1.82) is 0 Å². The minimum Gasteiger partial charge on any atom is -0.450 e. The van der Waals surface area contributed by atoms with Gasteiger partial charge in [0, 0.05) is 5.54 Å². The number of alkyl carbamates (subject to hydrolysis) is 1. The summed E-state index contributed by atoms with van der Waals surface area (Å²) in [5.74, 6) is 0.725. The second-order valence-corrected chi connectivity index (χ2v) is 5.43. The Morgan fingerprint density at radius 1 is 1.38 bits per heavy atom. The molecule has 3 heteroatoms. The average molecular weight is 229 g/mol. The molecule has 0 radical (unpaired) electrons. The molecule has 1 N–H and O–H groups in total. The van der Waals surface area contributed by atoms with E-state index in [9.17, 15) is 4.79 Å². The fraction of sp³-hybridized carbons (Fsp3) is 0.923. The predicted octanol–water partition coefficient (Wildman–Crippen LogP) is 3.73. The second-order valence-electron chi connectivity index (χ2n) is 5.43. The maximum atomic E-state index is 11.4. The number of amides is 1. The van der Waals surface area contributed by atoms with Gasteiger partial charge in [-0.2, -0.15) is 0 Å². The Morgan fingerprint density at radius 2 is 2.00 bits per heavy atom. The van der Waals surface area contributed by atoms with Crippen LogP contribution in [0.4, 0.5) is 4.79 Å². The molecule has 0 aliphatic carbocycles. The molecule has 0 aromatic carbocycles. The summed E-state index contributed by atoms with van der Waals surface area (Å²) < 4.78 is 5.00. The van der Waals surface area contributed by atoms with Crippen LogP contribution >= 0.6 is 0 Å². The number of carbonyl (C=O) groups is 1. The van der Waals surface area contributed by atoms with Gasteiger partial charge in [0.2, 0.25) is 0 Å². The first-order chi connectivity index (χ1) is 7.37. The van der Waals surface area contributed by atoms with E-state index in [-0.39, 0.29) is 11.6 Å². The molecule has 0 saturated carbocycles. The summed E-state index contributed by atoms with van der Waals surface area (Å²) in [6.45, 7) is 11.0. The van der Waals surface area contributed by atoms with Gasteiger partial charge >= 0.3 is 6.09 Å². The maximum absolute atomic E-state index is 11.4. The quantitative estimate of drug-likeness (QED) is 0.722. The van der Waals surface area contributed by atoms with Gasteiger partial charge in [0.15, 0.2) is 0 Å². The molecule has 0 spiro atoms. The lowest BCUT2D eigenvalue weighted by atomic mass is 9.95. The normalized spacial score (nSPS) is 11.6. The average Bonchev–Trinajstić information content (AvgIpc) is 2.12. The van der Waals surface area contributed by atoms with E-state index < -0.39 is 0 Å². The third-order valence-electron chi connectivity index (χ3n) is 2.46. The van der Waals surface area contributed by atoms with Crippen molar-refractivity contribution in [1.82, 2.24) is 5.32 Å². The molecule has 0 saturated heterocycles. The molecule has 0 aliphatic heterocycles. The van der Waals surface area contributed by atoms with Crippen LogP contribution in [0, 0.1) is 5.92 Å². The van der Waals surface area contributed by atoms with Gasteiger partial charge in [0.05, 0.1) is 6.61 Å². The first kappa shape index (κ1) is 15.3. The standard InChI is InChI=1S/C13H27NO2/c1-6-10-16-12(15)14-13(4,5)9-7-8-11(2)3/h11H,6-10H2,1-5H3,(H,14,15). The Bertz CT molecular complexity index is 200. The summed E-state index contributed by atoms with van der Waals surface area (Å²) >= 11 is 0. The molecule has 0 unspecified atom stereocenters. The predicted molar refractivity (Wildman–Crippen MR) is 67.5 cm³/mol. The topological polar surface area (TPSA) is 38.3 Å². The molecule has 0 heterocycles. The van der Waals surface area contributed by atoms with Crippen molar-refractivity contribution in [3.63, 3.8) is 0 Å². The van der Waals surface area contributed by atoms with Crippen LogP contribution in [-0.4, -0.2) is 18.2 Å². The van der Waals surface area contributed by atoms with Gasteiger partial charge in [0.1, 0.15) is 0 Å². The van der Waals surface area contributed by atoms with E-state index in [4.69, 9.17) is 4.74 Å². The molecule has 16 heavy (non-hydrogen) atoms. The zero-order valence-corrected chi connectivity index (χ0v) is 11.4. The Labute approximate surface area is 99.9 Å². The van der Waals surface area contributed by atoms with Crippen LogP contribution in [0.2, 0.25) is 0 Å². The monoisotopic (exact) mass is 229 g/mol. The number of ether oxygens (including phenoxy) is 1. The summed E-state index contributed by atoms with van der Waals surface area (Å²) in [7, 11) is 0. The highest BCUT2D eigenvalue weighted by Crippen LogP contribution is 2.16. The van der Waals surface area contributed by atoms with Crippen molar-refractivity contribution in [3.05, 3.63) is 0 Å². The van der Waals surface area contributed by atoms with Gasteiger partial charge in [0.25, 0.3) is 0 Å². The zero-order valence-electron chi connectivity index (χ0n) is 11.4. The summed E-state index contributed by atoms with van der Waals surface area (Å²) in [6, 6.07) is 0. The zero-order chi connectivity index (χ0) is 12.6. The van der Waals surface area contributed by atoms with Gasteiger partial charge in [-0.05, 0) is 32.6 Å². The van der Waals surface area contributed by atoms with Crippen LogP contribution < -0.4 is 5.32 Å². The molecule has 0 fully saturated rings. The number of rotatable bonds is 7. The lowest BCUT2D eigenvalue weighted by Gasteiger charge is -2.26. The van der Waals surface area contributed by atoms with E-state index in [2.05, 4.69) is 19.2 Å². The highest BCUT2D eigenvalue weighted by atomic mass is 16.5. The lowest BCUT2D eigenvalue weighted by Crippen LogP contribution is -2.43. The lowest BCUT2D eigenvalue weighted by molar-refractivity contribution is 0.134. The van der Waals surface area contributed by atoms with Crippen LogP contribution in [0.5, 0.6) is 0 Å². The summed E-state index contributed by atoms with van der Waals surface area (Å²) in [6.07, 6.45) is 3.90. The molecule has 0 rings (SSSR count). The maximum Gasteiger partial charge on any atom is 0.407 e. The van der Waals surface area contributed by atoms with Crippen LogP contribution in [-0.2, 0) is 4.74 Å². The van der Waals surface area contributed by atoms with Gasteiger partial charge in [-0.3, -0.25) is 0 Å². The number of nitrogens with one attached hydrogen (secondary N) is 1. The number of hydrogen-bond acceptors (Lipinski definition) is 2. The van der Waals surface area contributed by atoms with Crippen LogP contribution in [0.3, 0.4) is 0 Å². The Kier molecular flexibility index (Phi) is 7.18. The first-order valence-corrected chi connectivity index (χ1v) is 6.32. The van der Waals surface area contributed by atoms with Crippen molar-refractivity contribution in [2.45, 2.75) is 65.8 Å². The van der Waals surface area contributed by atoms with Crippen LogP contribution in [0.15, 0.2) is 0 Å². The molecule has 0 aromatic rings. The molecule has 0 aromatic heterocycles. The Morgan fingerprint density at radius 3 is 2.50 bits per heavy atom. The summed E-state index contributed by atoms with van der Waals surface area (Å²) in [4.78, 5) is 11.4. The fourth-order valence-corrected chi connectivity index (χ4v) is 1.52. The van der Waals surface area contributed by atoms with Crippen molar-refractivity contribution >= 4 is 6.09 Å². The Balaban J connectivity index is 3.80. The van der Waals surface area contributed by atoms with Crippen LogP contribution in [0.25, 0.3) is 0 Å². The third kappa shape index (κ3) is 8.57. The van der Waals surface area contributed by atoms with Crippen molar-refractivity contribution < 1.29 is 9.53 Å². The van der Waals surface area contributed by atoms with Crippen molar-refractivity contribution in [2.24, 2.45) is 5.92 Å². The van der Waals surface area contributed by atoms with E-state index >= 15 is 0 Å². The van der Waals surface area contributed by atoms with Gasteiger partial charge in [-0.1, -0.05) is 33.6 Å². The van der Waals surface area contributed by atoms with Gasteiger partial charge in [-0.15, -0.1) is 0 Å². The largest absolute Gasteiger partial charge is 0.450 e. The molecule has 0 bridgehead atoms. The number of carbonyl (C=O) groups excluding carboxylic acids is 1. The molecule has 3 nitrogen and oxygen atoms in total. The summed E-state index contributed by atoms with van der Waals surface area (Å²) in [5, 5.41) is 2.90. The third-order valence-corrected chi connectivity index (χ3v) is 2.46. The second kappa shape index (κ2) is 7.53. The van der Waals surface area contributed by atoms with E-state index in [0.717, 1.165) is 25.2 Å². The van der Waals surface area contributed by atoms with E-state index in [1.54, 1.807) is 0 Å². The number of hydrogen-bond donors (Lipinski definition) is 1. The smallest absolute Gasteiger partial charge is 0.407 e. The van der Waals surface area contributed by atoms with Crippen molar-refractivity contribution in [3.8, 4) is 0 Å². The van der Waals surface area contributed by atoms with Gasteiger partial charge in [-0.25, -0.2) is 4.79 Å². The van der Waals surface area contributed by atoms with Crippen molar-refractivity contribution in [2.75, 3.05) is 6.61 Å². The molecule has 0 atom stereocenters. The first-order valence-electron chi connectivity index (χ1n) is 6.32. The Hall–Kier alpha value is -0.730. The van der Waals surface area contributed by atoms with E-state index in [1.807, 2.05) is 20.8 Å². The fourth-order valence-electron chi connectivity index (χ4n) is 1.52. The molecule has 0 aliphatic rings. The SMILES string of the molecule is CCCOC(=O)NC(C)(C)CCCC(C)C. The molecular formula is C13H27NO2. The minimum absolute atomic E-state index is 0.167. The molecular weight excluding hydrogens is 202 g/mol. The minimum atomic E-state index is -0.295. The van der Waals surface area contributed by atoms with E-state index in [0.29, 0.717) is 6.61 Å². The van der Waals surface area contributed by atoms with Crippen LogP contribution in [0.1, 0.15) is 60.3 Å². The summed E-state index contributed by atoms with van der Waals surface area (Å²) in [5.41, 5.74) is -0.167. The van der Waals surface area contributed by atoms with Gasteiger partial charge < -0.3 is 10.1 Å². The van der Waals surface area contributed by atoms with E-state index in [1.165, 1.54) is 6.42 Å². The highest BCUT2D eigenvalue weighted by molar-refractivity contribution is 5.68.